The molecule has 1 N–H and O–H groups in total. The zero-order valence-electron chi connectivity index (χ0n) is 12.3. The number of thioether (sulfide) groups is 1. The van der Waals surface area contributed by atoms with Crippen LogP contribution >= 0.6 is 11.8 Å². The Labute approximate surface area is 126 Å². The molecule has 0 aromatic carbocycles. The van der Waals surface area contributed by atoms with E-state index in [0.717, 1.165) is 53.5 Å². The lowest BCUT2D eigenvalue weighted by Gasteiger charge is -2.32. The first-order chi connectivity index (χ1) is 9.85. The smallest absolute Gasteiger partial charge is 0.118 e. The first kappa shape index (κ1) is 13.3. The fourth-order valence-corrected chi connectivity index (χ4v) is 5.71. The molecule has 20 heavy (non-hydrogen) atoms. The summed E-state index contributed by atoms with van der Waals surface area (Å²) >= 11 is 1.82. The third-order valence-corrected chi connectivity index (χ3v) is 6.54. The van der Waals surface area contributed by atoms with E-state index < -0.39 is 0 Å². The van der Waals surface area contributed by atoms with Gasteiger partial charge >= 0.3 is 0 Å². The highest BCUT2D eigenvalue weighted by Crippen LogP contribution is 2.58. The third-order valence-electron chi connectivity index (χ3n) is 5.97. The second-order valence-corrected chi connectivity index (χ2v) is 7.81. The number of furan rings is 1. The van der Waals surface area contributed by atoms with Crippen LogP contribution in [-0.2, 0) is 12.3 Å². The molecule has 2 nitrogen and oxygen atoms in total. The second-order valence-electron chi connectivity index (χ2n) is 6.94. The molecule has 3 aliphatic rings. The number of rotatable bonds is 5. The predicted octanol–water partition coefficient (Wildman–Crippen LogP) is 4.06. The fraction of sp³-hybridized carbons (Fsp3) is 0.765. The van der Waals surface area contributed by atoms with Crippen molar-refractivity contribution in [1.82, 2.24) is 5.32 Å². The van der Waals surface area contributed by atoms with Crippen LogP contribution in [0.3, 0.4) is 0 Å². The van der Waals surface area contributed by atoms with Gasteiger partial charge in [0.1, 0.15) is 11.5 Å². The van der Waals surface area contributed by atoms with E-state index >= 15 is 0 Å². The largest absolute Gasteiger partial charge is 0.464 e. The minimum atomic E-state index is 0.758. The molecule has 1 aromatic heterocycles. The molecule has 5 atom stereocenters. The van der Waals surface area contributed by atoms with Crippen LogP contribution in [0.2, 0.25) is 0 Å². The molecule has 0 saturated heterocycles. The Kier molecular flexibility index (Phi) is 3.59. The van der Waals surface area contributed by atoms with Crippen LogP contribution in [0.4, 0.5) is 0 Å². The molecular formula is C17H25NOS. The quantitative estimate of drug-likeness (QED) is 0.885. The van der Waals surface area contributed by atoms with Crippen LogP contribution in [0.25, 0.3) is 0 Å². The Morgan fingerprint density at radius 1 is 1.15 bits per heavy atom. The summed E-state index contributed by atoms with van der Waals surface area (Å²) < 4.78 is 5.87. The minimum absolute atomic E-state index is 0.758. The van der Waals surface area contributed by atoms with Crippen molar-refractivity contribution < 1.29 is 4.42 Å². The molecule has 4 rings (SSSR count). The van der Waals surface area contributed by atoms with Gasteiger partial charge < -0.3 is 9.73 Å². The summed E-state index contributed by atoms with van der Waals surface area (Å²) in [6.07, 6.45) is 9.56. The maximum Gasteiger partial charge on any atom is 0.118 e. The summed E-state index contributed by atoms with van der Waals surface area (Å²) in [7, 11) is 0. The first-order valence-electron chi connectivity index (χ1n) is 8.15. The van der Waals surface area contributed by atoms with Crippen LogP contribution in [0.5, 0.6) is 0 Å². The molecule has 110 valence electrons. The molecule has 3 saturated carbocycles. The Bertz CT molecular complexity index is 471. The van der Waals surface area contributed by atoms with Gasteiger partial charge in [0, 0.05) is 6.04 Å². The van der Waals surface area contributed by atoms with E-state index in [9.17, 15) is 0 Å². The van der Waals surface area contributed by atoms with Crippen molar-refractivity contribution in [3.05, 3.63) is 23.7 Å². The van der Waals surface area contributed by atoms with E-state index in [1.807, 2.05) is 11.8 Å². The lowest BCUT2D eigenvalue weighted by molar-refractivity contribution is 0.205. The molecule has 3 heteroatoms. The third kappa shape index (κ3) is 2.23. The van der Waals surface area contributed by atoms with Crippen LogP contribution in [0, 0.1) is 23.7 Å². The topological polar surface area (TPSA) is 25.2 Å². The number of nitrogens with one attached hydrogen (secondary N) is 1. The van der Waals surface area contributed by atoms with Crippen molar-refractivity contribution in [1.29, 1.82) is 0 Å². The summed E-state index contributed by atoms with van der Waals surface area (Å²) in [6.45, 7) is 0.916. The van der Waals surface area contributed by atoms with Gasteiger partial charge in [-0.15, -0.1) is 0 Å². The van der Waals surface area contributed by atoms with Gasteiger partial charge in [-0.05, 0) is 67.7 Å². The van der Waals surface area contributed by atoms with E-state index in [0.29, 0.717) is 0 Å². The second kappa shape index (κ2) is 5.42. The standard InChI is InChI=1S/C17H25NOS/c1-20-10-13-6-5-12(19-13)9-18-17-8-11-7-16(17)15-4-2-3-14(11)15/h5-6,11,14-18H,2-4,7-10H2,1H3. The lowest BCUT2D eigenvalue weighted by Crippen LogP contribution is -2.38. The molecule has 2 bridgehead atoms. The van der Waals surface area contributed by atoms with Crippen molar-refractivity contribution in [3.8, 4) is 0 Å². The van der Waals surface area contributed by atoms with E-state index in [-0.39, 0.29) is 0 Å². The highest BCUT2D eigenvalue weighted by Gasteiger charge is 2.53. The molecule has 5 unspecified atom stereocenters. The molecule has 0 amide bonds. The van der Waals surface area contributed by atoms with Gasteiger partial charge in [-0.1, -0.05) is 6.42 Å². The predicted molar refractivity (Wildman–Crippen MR) is 83.6 cm³/mol. The average Bonchev–Trinajstić information content (AvgIpc) is 3.18. The van der Waals surface area contributed by atoms with Gasteiger partial charge in [0.2, 0.25) is 0 Å². The Hall–Kier alpha value is -0.410. The van der Waals surface area contributed by atoms with Crippen LogP contribution in [-0.4, -0.2) is 12.3 Å². The van der Waals surface area contributed by atoms with Crippen molar-refractivity contribution >= 4 is 11.8 Å². The maximum absolute atomic E-state index is 5.87. The molecule has 1 heterocycles. The van der Waals surface area contributed by atoms with Crippen LogP contribution in [0.1, 0.15) is 43.6 Å². The number of hydrogen-bond donors (Lipinski definition) is 1. The highest BCUT2D eigenvalue weighted by molar-refractivity contribution is 7.97. The number of hydrogen-bond acceptors (Lipinski definition) is 3. The van der Waals surface area contributed by atoms with Gasteiger partial charge in [-0.2, -0.15) is 11.8 Å². The summed E-state index contributed by atoms with van der Waals surface area (Å²) in [5.41, 5.74) is 0. The zero-order valence-corrected chi connectivity index (χ0v) is 13.1. The van der Waals surface area contributed by atoms with Crippen molar-refractivity contribution in [2.45, 2.75) is 50.4 Å². The lowest BCUT2D eigenvalue weighted by atomic mass is 9.79. The molecule has 3 fully saturated rings. The minimum Gasteiger partial charge on any atom is -0.464 e. The molecule has 0 radical (unpaired) electrons. The highest BCUT2D eigenvalue weighted by atomic mass is 32.2. The molecular weight excluding hydrogens is 266 g/mol. The summed E-state index contributed by atoms with van der Waals surface area (Å²) in [6, 6.07) is 5.03. The SMILES string of the molecule is CSCc1ccc(CNC2CC3CC2C2CCCC32)o1. The van der Waals surface area contributed by atoms with Gasteiger partial charge in [0.25, 0.3) is 0 Å². The van der Waals surface area contributed by atoms with Crippen LogP contribution < -0.4 is 5.32 Å². The van der Waals surface area contributed by atoms with Gasteiger partial charge in [0.05, 0.1) is 12.3 Å². The Morgan fingerprint density at radius 3 is 2.90 bits per heavy atom. The van der Waals surface area contributed by atoms with E-state index in [2.05, 4.69) is 23.7 Å². The van der Waals surface area contributed by atoms with Gasteiger partial charge in [0.15, 0.2) is 0 Å². The first-order valence-corrected chi connectivity index (χ1v) is 9.54. The molecule has 1 aromatic rings. The molecule has 0 spiro atoms. The summed E-state index contributed by atoms with van der Waals surface area (Å²) in [5, 5.41) is 3.80. The fourth-order valence-electron chi connectivity index (χ4n) is 5.27. The average molecular weight is 291 g/mol. The summed E-state index contributed by atoms with van der Waals surface area (Å²) in [5.74, 6) is 7.35. The normalized spacial score (nSPS) is 38.5. The molecule has 0 aliphatic heterocycles. The number of fused-ring (bicyclic) bond motifs is 5. The zero-order chi connectivity index (χ0) is 13.5. The Balaban J connectivity index is 1.34. The van der Waals surface area contributed by atoms with E-state index in [1.54, 1.807) is 0 Å². The molecule has 3 aliphatic carbocycles. The Morgan fingerprint density at radius 2 is 2.00 bits per heavy atom. The van der Waals surface area contributed by atoms with Crippen molar-refractivity contribution in [2.75, 3.05) is 6.26 Å². The van der Waals surface area contributed by atoms with E-state index in [4.69, 9.17) is 4.42 Å². The van der Waals surface area contributed by atoms with Crippen molar-refractivity contribution in [3.63, 3.8) is 0 Å². The van der Waals surface area contributed by atoms with Gasteiger partial charge in [-0.25, -0.2) is 0 Å². The van der Waals surface area contributed by atoms with Crippen molar-refractivity contribution in [2.24, 2.45) is 23.7 Å². The van der Waals surface area contributed by atoms with Crippen LogP contribution in [0.15, 0.2) is 16.5 Å². The monoisotopic (exact) mass is 291 g/mol. The van der Waals surface area contributed by atoms with Gasteiger partial charge in [-0.3, -0.25) is 0 Å². The van der Waals surface area contributed by atoms with E-state index in [1.165, 1.54) is 32.1 Å². The maximum atomic E-state index is 5.87. The summed E-state index contributed by atoms with van der Waals surface area (Å²) in [4.78, 5) is 0.